The average molecular weight is 403 g/mol. The number of rotatable bonds is 6. The highest BCUT2D eigenvalue weighted by Crippen LogP contribution is 2.34. The maximum atomic E-state index is 12.3. The first kappa shape index (κ1) is 19.4. The Balaban J connectivity index is 1.73. The number of ether oxygens (including phenoxy) is 2. The van der Waals surface area contributed by atoms with Crippen LogP contribution in [-0.4, -0.2) is 28.5 Å². The summed E-state index contributed by atoms with van der Waals surface area (Å²) in [5.74, 6) is 0.967. The van der Waals surface area contributed by atoms with Crippen LogP contribution in [0.3, 0.4) is 0 Å². The van der Waals surface area contributed by atoms with Gasteiger partial charge in [-0.1, -0.05) is 6.92 Å². The van der Waals surface area contributed by atoms with Crippen molar-refractivity contribution in [3.63, 3.8) is 0 Å². The summed E-state index contributed by atoms with van der Waals surface area (Å²) in [5.41, 5.74) is 7.19. The van der Waals surface area contributed by atoms with E-state index in [4.69, 9.17) is 15.2 Å². The zero-order valence-corrected chi connectivity index (χ0v) is 16.7. The van der Waals surface area contributed by atoms with Gasteiger partial charge in [-0.05, 0) is 42.8 Å². The van der Waals surface area contributed by atoms with Gasteiger partial charge in [-0.2, -0.15) is 0 Å². The number of carbonyl (C=O) groups excluding carboxylic acids is 2. The number of nitrogens with two attached hydrogens (primary N) is 1. The number of aromatic nitrogens is 2. The van der Waals surface area contributed by atoms with Crippen molar-refractivity contribution >= 4 is 33.6 Å². The van der Waals surface area contributed by atoms with E-state index >= 15 is 0 Å². The maximum Gasteiger partial charge on any atom is 0.252 e. The summed E-state index contributed by atoms with van der Waals surface area (Å²) in [6.07, 6.45) is 4.70. The Kier molecular flexibility index (Phi) is 5.10. The molecular formula is C23H21N3O4. The Bertz CT molecular complexity index is 1280. The molecule has 4 aromatic rings. The molecule has 30 heavy (non-hydrogen) atoms. The highest BCUT2D eigenvalue weighted by molar-refractivity contribution is 6.01. The van der Waals surface area contributed by atoms with Crippen LogP contribution < -0.4 is 15.2 Å². The van der Waals surface area contributed by atoms with Gasteiger partial charge in [-0.25, -0.2) is 0 Å². The van der Waals surface area contributed by atoms with Gasteiger partial charge >= 0.3 is 0 Å². The van der Waals surface area contributed by atoms with Crippen molar-refractivity contribution in [1.29, 1.82) is 0 Å². The molecule has 2 aromatic heterocycles. The van der Waals surface area contributed by atoms with Crippen molar-refractivity contribution in [3.05, 3.63) is 60.4 Å². The standard InChI is InChI=1S/C23H21N3O4/c1-3-4-22(27)26-10-8-14-11-15(5-6-19(14)26)30-20-7-9-25-18-13-21(29-2)17(23(24)28)12-16(18)20/h5-13H,3-4H2,1-2H3,(H2,24,28). The highest BCUT2D eigenvalue weighted by atomic mass is 16.5. The van der Waals surface area contributed by atoms with Crippen molar-refractivity contribution in [2.75, 3.05) is 7.11 Å². The molecule has 0 saturated heterocycles. The van der Waals surface area contributed by atoms with Gasteiger partial charge in [0.2, 0.25) is 5.91 Å². The third-order valence-electron chi connectivity index (χ3n) is 4.91. The van der Waals surface area contributed by atoms with Crippen molar-refractivity contribution in [1.82, 2.24) is 9.55 Å². The van der Waals surface area contributed by atoms with Crippen LogP contribution in [0.5, 0.6) is 17.2 Å². The van der Waals surface area contributed by atoms with E-state index in [0.29, 0.717) is 34.6 Å². The summed E-state index contributed by atoms with van der Waals surface area (Å²) in [7, 11) is 1.47. The molecule has 0 saturated carbocycles. The number of carbonyl (C=O) groups is 2. The lowest BCUT2D eigenvalue weighted by molar-refractivity contribution is 0.0906. The Morgan fingerprint density at radius 3 is 2.67 bits per heavy atom. The third kappa shape index (κ3) is 3.45. The van der Waals surface area contributed by atoms with Gasteiger partial charge in [0.25, 0.3) is 5.91 Å². The second-order valence-electron chi connectivity index (χ2n) is 6.90. The van der Waals surface area contributed by atoms with E-state index in [1.165, 1.54) is 7.11 Å². The Morgan fingerprint density at radius 1 is 1.10 bits per heavy atom. The van der Waals surface area contributed by atoms with Crippen LogP contribution in [0.25, 0.3) is 21.8 Å². The number of pyridine rings is 1. The van der Waals surface area contributed by atoms with E-state index in [0.717, 1.165) is 17.3 Å². The topological polar surface area (TPSA) is 96.4 Å². The molecule has 4 rings (SSSR count). The highest BCUT2D eigenvalue weighted by Gasteiger charge is 2.15. The fourth-order valence-corrected chi connectivity index (χ4v) is 3.46. The molecule has 0 spiro atoms. The zero-order valence-electron chi connectivity index (χ0n) is 16.7. The predicted molar refractivity (Wildman–Crippen MR) is 114 cm³/mol. The van der Waals surface area contributed by atoms with Crippen LogP contribution in [-0.2, 0) is 0 Å². The molecule has 0 unspecified atom stereocenters. The molecule has 0 bridgehead atoms. The first-order chi connectivity index (χ1) is 14.5. The maximum absolute atomic E-state index is 12.3. The molecule has 0 radical (unpaired) electrons. The Labute approximate surface area is 173 Å². The van der Waals surface area contributed by atoms with Gasteiger partial charge in [0.05, 0.1) is 23.7 Å². The number of amides is 1. The summed E-state index contributed by atoms with van der Waals surface area (Å²) >= 11 is 0. The first-order valence-electron chi connectivity index (χ1n) is 9.60. The van der Waals surface area contributed by atoms with E-state index in [9.17, 15) is 9.59 Å². The molecule has 0 atom stereocenters. The molecule has 0 aliphatic carbocycles. The molecule has 152 valence electrons. The SMILES string of the molecule is CCCC(=O)n1ccc2cc(Oc3ccnc4cc(OC)c(C(N)=O)cc34)ccc21. The van der Waals surface area contributed by atoms with Crippen LogP contribution in [0.15, 0.2) is 54.9 Å². The number of primary amides is 1. The Hall–Kier alpha value is -3.87. The summed E-state index contributed by atoms with van der Waals surface area (Å²) in [6, 6.07) is 12.4. The number of benzene rings is 2. The van der Waals surface area contributed by atoms with Crippen molar-refractivity contribution in [2.45, 2.75) is 19.8 Å². The van der Waals surface area contributed by atoms with Gasteiger partial charge in [-0.15, -0.1) is 0 Å². The number of nitrogens with zero attached hydrogens (tertiary/aromatic N) is 2. The van der Waals surface area contributed by atoms with Gasteiger partial charge in [0.1, 0.15) is 17.2 Å². The normalized spacial score (nSPS) is 11.0. The second kappa shape index (κ2) is 7.87. The van der Waals surface area contributed by atoms with Crippen LogP contribution in [0, 0.1) is 0 Å². The van der Waals surface area contributed by atoms with Gasteiger partial charge < -0.3 is 15.2 Å². The summed E-state index contributed by atoms with van der Waals surface area (Å²) < 4.78 is 13.0. The van der Waals surface area contributed by atoms with Crippen LogP contribution >= 0.6 is 0 Å². The minimum Gasteiger partial charge on any atom is -0.496 e. The Morgan fingerprint density at radius 2 is 1.93 bits per heavy atom. The molecule has 2 aromatic carbocycles. The summed E-state index contributed by atoms with van der Waals surface area (Å²) in [4.78, 5) is 28.4. The van der Waals surface area contributed by atoms with Crippen molar-refractivity contribution < 1.29 is 19.1 Å². The molecule has 7 nitrogen and oxygen atoms in total. The monoisotopic (exact) mass is 403 g/mol. The van der Waals surface area contributed by atoms with Crippen molar-refractivity contribution in [2.24, 2.45) is 5.73 Å². The summed E-state index contributed by atoms with van der Waals surface area (Å²) in [5, 5.41) is 1.54. The fourth-order valence-electron chi connectivity index (χ4n) is 3.46. The molecule has 0 aliphatic heterocycles. The van der Waals surface area contributed by atoms with Gasteiger partial charge in [0, 0.05) is 35.7 Å². The quantitative estimate of drug-likeness (QED) is 0.510. The molecule has 7 heteroatoms. The lowest BCUT2D eigenvalue weighted by Gasteiger charge is -2.12. The fraction of sp³-hybridized carbons (Fsp3) is 0.174. The van der Waals surface area contributed by atoms with E-state index in [-0.39, 0.29) is 11.5 Å². The van der Waals surface area contributed by atoms with E-state index in [2.05, 4.69) is 4.98 Å². The summed E-state index contributed by atoms with van der Waals surface area (Å²) in [6.45, 7) is 1.98. The number of hydrogen-bond acceptors (Lipinski definition) is 5. The third-order valence-corrected chi connectivity index (χ3v) is 4.91. The smallest absolute Gasteiger partial charge is 0.252 e. The molecule has 1 amide bonds. The predicted octanol–water partition coefficient (Wildman–Crippen LogP) is 4.53. The van der Waals surface area contributed by atoms with Crippen LogP contribution in [0.4, 0.5) is 0 Å². The molecular weight excluding hydrogens is 382 g/mol. The van der Waals surface area contributed by atoms with Crippen molar-refractivity contribution in [3.8, 4) is 17.2 Å². The number of fused-ring (bicyclic) bond motifs is 2. The van der Waals surface area contributed by atoms with E-state index in [1.807, 2.05) is 31.2 Å². The first-order valence-corrected chi connectivity index (χ1v) is 9.60. The van der Waals surface area contributed by atoms with Crippen LogP contribution in [0.1, 0.15) is 34.9 Å². The number of methoxy groups -OCH3 is 1. The van der Waals surface area contributed by atoms with Gasteiger partial charge in [0.15, 0.2) is 0 Å². The minimum atomic E-state index is -0.594. The molecule has 2 N–H and O–H groups in total. The molecule has 0 aliphatic rings. The lowest BCUT2D eigenvalue weighted by Crippen LogP contribution is -2.12. The van der Waals surface area contributed by atoms with E-state index < -0.39 is 5.91 Å². The average Bonchev–Trinajstić information content (AvgIpc) is 3.16. The largest absolute Gasteiger partial charge is 0.496 e. The second-order valence-corrected chi connectivity index (χ2v) is 6.90. The molecule has 0 fully saturated rings. The zero-order chi connectivity index (χ0) is 21.3. The minimum absolute atomic E-state index is 0.0641. The lowest BCUT2D eigenvalue weighted by atomic mass is 10.1. The number of hydrogen-bond donors (Lipinski definition) is 1. The molecule has 2 heterocycles. The van der Waals surface area contributed by atoms with Crippen LogP contribution in [0.2, 0.25) is 0 Å². The van der Waals surface area contributed by atoms with E-state index in [1.54, 1.807) is 35.2 Å². The van der Waals surface area contributed by atoms with Gasteiger partial charge in [-0.3, -0.25) is 19.1 Å².